The number of ether oxygens (including phenoxy) is 2. The lowest BCUT2D eigenvalue weighted by molar-refractivity contribution is -0.184. The summed E-state index contributed by atoms with van der Waals surface area (Å²) in [5.74, 6) is 0.480. The molecular formula is C14H24O3. The summed E-state index contributed by atoms with van der Waals surface area (Å²) in [5, 5.41) is 0. The van der Waals surface area contributed by atoms with Gasteiger partial charge in [0.05, 0.1) is 24.2 Å². The Labute approximate surface area is 104 Å². The van der Waals surface area contributed by atoms with Crippen LogP contribution < -0.4 is 0 Å². The molecule has 1 saturated carbocycles. The van der Waals surface area contributed by atoms with Crippen molar-refractivity contribution in [2.75, 3.05) is 6.61 Å². The van der Waals surface area contributed by atoms with Crippen LogP contribution in [0.2, 0.25) is 0 Å². The third-order valence-electron chi connectivity index (χ3n) is 3.98. The maximum atomic E-state index is 11.9. The molecule has 0 spiro atoms. The monoisotopic (exact) mass is 240 g/mol. The molecule has 98 valence electrons. The predicted molar refractivity (Wildman–Crippen MR) is 65.7 cm³/mol. The van der Waals surface area contributed by atoms with Crippen molar-refractivity contribution in [3.8, 4) is 0 Å². The van der Waals surface area contributed by atoms with Crippen molar-refractivity contribution < 1.29 is 14.3 Å². The van der Waals surface area contributed by atoms with E-state index in [1.807, 2.05) is 13.8 Å². The van der Waals surface area contributed by atoms with E-state index in [4.69, 9.17) is 9.47 Å². The van der Waals surface area contributed by atoms with E-state index >= 15 is 0 Å². The summed E-state index contributed by atoms with van der Waals surface area (Å²) >= 11 is 0. The molecule has 3 fully saturated rings. The summed E-state index contributed by atoms with van der Waals surface area (Å²) in [7, 11) is 0. The largest absolute Gasteiger partial charge is 0.465 e. The van der Waals surface area contributed by atoms with E-state index in [1.165, 1.54) is 6.42 Å². The third-order valence-corrected chi connectivity index (χ3v) is 3.98. The maximum absolute atomic E-state index is 11.9. The Morgan fingerprint density at radius 2 is 1.88 bits per heavy atom. The first-order valence-electron chi connectivity index (χ1n) is 6.84. The fraction of sp³-hybridized carbons (Fsp3) is 0.929. The minimum Gasteiger partial charge on any atom is -0.465 e. The number of fused-ring (bicyclic) bond motifs is 2. The third kappa shape index (κ3) is 3.01. The zero-order valence-corrected chi connectivity index (χ0v) is 11.2. The number of hydrogen-bond donors (Lipinski definition) is 0. The van der Waals surface area contributed by atoms with Crippen LogP contribution in [0.3, 0.4) is 0 Å². The molecule has 0 aromatic carbocycles. The molecule has 17 heavy (non-hydrogen) atoms. The van der Waals surface area contributed by atoms with E-state index in [0.717, 1.165) is 25.7 Å². The molecule has 2 atom stereocenters. The summed E-state index contributed by atoms with van der Waals surface area (Å²) < 4.78 is 11.1. The molecule has 0 radical (unpaired) electrons. The first-order chi connectivity index (χ1) is 8.01. The highest BCUT2D eigenvalue weighted by atomic mass is 16.5. The molecule has 2 bridgehead atoms. The standard InChI is InChI=1S/C14H24O3/c1-4-5-14(2,3)13(15)16-9-10-6-11-8-12(7-10)17-11/h10-12H,4-9H2,1-3H3. The molecule has 0 aromatic rings. The molecule has 3 nitrogen and oxygen atoms in total. The highest BCUT2D eigenvalue weighted by molar-refractivity contribution is 5.75. The Morgan fingerprint density at radius 3 is 2.41 bits per heavy atom. The summed E-state index contributed by atoms with van der Waals surface area (Å²) in [6.45, 7) is 6.63. The van der Waals surface area contributed by atoms with E-state index < -0.39 is 0 Å². The van der Waals surface area contributed by atoms with Crippen molar-refractivity contribution >= 4 is 5.97 Å². The molecular weight excluding hydrogens is 216 g/mol. The van der Waals surface area contributed by atoms with Crippen LogP contribution in [0.4, 0.5) is 0 Å². The van der Waals surface area contributed by atoms with Gasteiger partial charge in [0, 0.05) is 0 Å². The SMILES string of the molecule is CCCC(C)(C)C(=O)OCC1CC2CC(C1)O2. The first-order valence-corrected chi connectivity index (χ1v) is 6.84. The number of carbonyl (C=O) groups is 1. The van der Waals surface area contributed by atoms with Crippen molar-refractivity contribution in [2.24, 2.45) is 11.3 Å². The second kappa shape index (κ2) is 4.97. The van der Waals surface area contributed by atoms with Gasteiger partial charge in [0.15, 0.2) is 0 Å². The Bertz CT molecular complexity index is 269. The second-order valence-corrected chi connectivity index (χ2v) is 6.19. The molecule has 2 unspecified atom stereocenters. The minimum atomic E-state index is -0.331. The van der Waals surface area contributed by atoms with Crippen LogP contribution in [-0.4, -0.2) is 24.8 Å². The van der Waals surface area contributed by atoms with Crippen LogP contribution in [0, 0.1) is 11.3 Å². The Kier molecular flexibility index (Phi) is 3.76. The van der Waals surface area contributed by atoms with Crippen molar-refractivity contribution in [1.29, 1.82) is 0 Å². The number of hydrogen-bond acceptors (Lipinski definition) is 3. The molecule has 0 aromatic heterocycles. The van der Waals surface area contributed by atoms with Crippen LogP contribution >= 0.6 is 0 Å². The van der Waals surface area contributed by atoms with Crippen molar-refractivity contribution in [3.05, 3.63) is 0 Å². The fourth-order valence-corrected chi connectivity index (χ4v) is 2.95. The lowest BCUT2D eigenvalue weighted by Gasteiger charge is -2.45. The van der Waals surface area contributed by atoms with Gasteiger partial charge < -0.3 is 9.47 Å². The quantitative estimate of drug-likeness (QED) is 0.693. The van der Waals surface area contributed by atoms with E-state index in [1.54, 1.807) is 0 Å². The topological polar surface area (TPSA) is 35.5 Å². The fourth-order valence-electron chi connectivity index (χ4n) is 2.95. The van der Waals surface area contributed by atoms with Crippen LogP contribution in [0.5, 0.6) is 0 Å². The zero-order valence-electron chi connectivity index (χ0n) is 11.2. The normalized spacial score (nSPS) is 31.8. The van der Waals surface area contributed by atoms with Gasteiger partial charge in [-0.1, -0.05) is 13.3 Å². The van der Waals surface area contributed by atoms with Gasteiger partial charge in [-0.15, -0.1) is 0 Å². The molecule has 2 heterocycles. The average molecular weight is 240 g/mol. The smallest absolute Gasteiger partial charge is 0.311 e. The van der Waals surface area contributed by atoms with Crippen LogP contribution in [0.1, 0.15) is 52.9 Å². The molecule has 3 aliphatic rings. The van der Waals surface area contributed by atoms with Gasteiger partial charge in [-0.25, -0.2) is 0 Å². The Morgan fingerprint density at radius 1 is 1.29 bits per heavy atom. The predicted octanol–water partition coefficient (Wildman–Crippen LogP) is 2.92. The summed E-state index contributed by atoms with van der Waals surface area (Å²) in [6, 6.07) is 0. The van der Waals surface area contributed by atoms with E-state index in [2.05, 4.69) is 6.92 Å². The maximum Gasteiger partial charge on any atom is 0.311 e. The lowest BCUT2D eigenvalue weighted by atomic mass is 9.81. The highest BCUT2D eigenvalue weighted by Gasteiger charge is 2.40. The minimum absolute atomic E-state index is 0.0421. The molecule has 0 amide bonds. The van der Waals surface area contributed by atoms with Crippen molar-refractivity contribution in [2.45, 2.75) is 65.1 Å². The van der Waals surface area contributed by atoms with E-state index in [-0.39, 0.29) is 11.4 Å². The van der Waals surface area contributed by atoms with Gasteiger partial charge in [0.2, 0.25) is 0 Å². The average Bonchev–Trinajstić information content (AvgIpc) is 2.25. The van der Waals surface area contributed by atoms with Crippen LogP contribution in [0.25, 0.3) is 0 Å². The summed E-state index contributed by atoms with van der Waals surface area (Å²) in [5.41, 5.74) is -0.331. The van der Waals surface area contributed by atoms with Gasteiger partial charge in [0.1, 0.15) is 0 Å². The molecule has 0 N–H and O–H groups in total. The van der Waals surface area contributed by atoms with Crippen molar-refractivity contribution in [3.63, 3.8) is 0 Å². The van der Waals surface area contributed by atoms with Gasteiger partial charge >= 0.3 is 5.97 Å². The molecule has 2 aliphatic heterocycles. The first kappa shape index (κ1) is 12.9. The van der Waals surface area contributed by atoms with Crippen LogP contribution in [-0.2, 0) is 14.3 Å². The Hall–Kier alpha value is -0.570. The summed E-state index contributed by atoms with van der Waals surface area (Å²) in [6.07, 6.45) is 6.15. The van der Waals surface area contributed by atoms with Crippen molar-refractivity contribution in [1.82, 2.24) is 0 Å². The van der Waals surface area contributed by atoms with Gasteiger partial charge in [0.25, 0.3) is 0 Å². The number of rotatable bonds is 5. The van der Waals surface area contributed by atoms with Crippen LogP contribution in [0.15, 0.2) is 0 Å². The lowest BCUT2D eigenvalue weighted by Crippen LogP contribution is -2.46. The van der Waals surface area contributed by atoms with Gasteiger partial charge in [-0.05, 0) is 45.4 Å². The zero-order chi connectivity index (χ0) is 12.5. The molecule has 3 heteroatoms. The Balaban J connectivity index is 1.72. The molecule has 3 rings (SSSR count). The second-order valence-electron chi connectivity index (χ2n) is 6.19. The highest BCUT2D eigenvalue weighted by Crippen LogP contribution is 2.38. The number of esters is 1. The van der Waals surface area contributed by atoms with E-state index in [9.17, 15) is 4.79 Å². The molecule has 2 saturated heterocycles. The van der Waals surface area contributed by atoms with Gasteiger partial charge in [-0.2, -0.15) is 0 Å². The van der Waals surface area contributed by atoms with Gasteiger partial charge in [-0.3, -0.25) is 4.79 Å². The van der Waals surface area contributed by atoms with E-state index in [0.29, 0.717) is 24.7 Å². The number of carbonyl (C=O) groups excluding carboxylic acids is 1. The molecule has 1 aliphatic carbocycles. The summed E-state index contributed by atoms with van der Waals surface area (Å²) in [4.78, 5) is 11.9.